The van der Waals surface area contributed by atoms with Crippen molar-refractivity contribution in [1.82, 2.24) is 15.3 Å². The normalized spacial score (nSPS) is 10.5. The van der Waals surface area contributed by atoms with Crippen LogP contribution in [-0.2, 0) is 6.42 Å². The molecular weight excluding hydrogens is 216 g/mol. The maximum absolute atomic E-state index is 11.5. The van der Waals surface area contributed by atoms with Gasteiger partial charge in [0.2, 0.25) is 0 Å². The molecule has 0 aliphatic carbocycles. The Balaban J connectivity index is 2.91. The van der Waals surface area contributed by atoms with Gasteiger partial charge in [0.25, 0.3) is 5.56 Å². The predicted molar refractivity (Wildman–Crippen MR) is 70.7 cm³/mol. The van der Waals surface area contributed by atoms with Crippen LogP contribution in [0.4, 0.5) is 5.82 Å². The van der Waals surface area contributed by atoms with Crippen molar-refractivity contribution in [2.24, 2.45) is 0 Å². The molecular formula is C12H22N4O. The van der Waals surface area contributed by atoms with E-state index in [1.54, 1.807) is 6.07 Å². The van der Waals surface area contributed by atoms with Crippen molar-refractivity contribution < 1.29 is 0 Å². The maximum atomic E-state index is 11.5. The monoisotopic (exact) mass is 238 g/mol. The molecule has 0 saturated heterocycles. The van der Waals surface area contributed by atoms with Gasteiger partial charge in [0.1, 0.15) is 11.6 Å². The van der Waals surface area contributed by atoms with Gasteiger partial charge in [-0.15, -0.1) is 0 Å². The second-order valence-corrected chi connectivity index (χ2v) is 3.99. The molecule has 0 bridgehead atoms. The molecule has 96 valence electrons. The van der Waals surface area contributed by atoms with Crippen LogP contribution in [-0.4, -0.2) is 36.6 Å². The van der Waals surface area contributed by atoms with E-state index in [1.165, 1.54) is 0 Å². The SMILES string of the molecule is CCCN(CCNC)c1cc(=O)[nH]c(CC)n1. The van der Waals surface area contributed by atoms with E-state index in [9.17, 15) is 4.79 Å². The molecule has 0 saturated carbocycles. The lowest BCUT2D eigenvalue weighted by Crippen LogP contribution is -2.33. The summed E-state index contributed by atoms with van der Waals surface area (Å²) in [5.74, 6) is 1.53. The van der Waals surface area contributed by atoms with E-state index in [4.69, 9.17) is 0 Å². The lowest BCUT2D eigenvalue weighted by molar-refractivity contribution is 0.697. The zero-order chi connectivity index (χ0) is 12.7. The Kier molecular flexibility index (Phi) is 5.69. The van der Waals surface area contributed by atoms with Gasteiger partial charge in [-0.05, 0) is 13.5 Å². The van der Waals surface area contributed by atoms with Gasteiger partial charge in [-0.25, -0.2) is 4.98 Å². The summed E-state index contributed by atoms with van der Waals surface area (Å²) in [4.78, 5) is 20.9. The molecule has 0 amide bonds. The van der Waals surface area contributed by atoms with E-state index >= 15 is 0 Å². The number of nitrogens with zero attached hydrogens (tertiary/aromatic N) is 2. The van der Waals surface area contributed by atoms with Gasteiger partial charge >= 0.3 is 0 Å². The van der Waals surface area contributed by atoms with Gasteiger partial charge < -0.3 is 15.2 Å². The zero-order valence-corrected chi connectivity index (χ0v) is 10.9. The van der Waals surface area contributed by atoms with Crippen LogP contribution >= 0.6 is 0 Å². The molecule has 1 rings (SSSR count). The number of hydrogen-bond acceptors (Lipinski definition) is 4. The molecule has 0 fully saturated rings. The van der Waals surface area contributed by atoms with Gasteiger partial charge in [0.15, 0.2) is 0 Å². The molecule has 17 heavy (non-hydrogen) atoms. The highest BCUT2D eigenvalue weighted by molar-refractivity contribution is 5.37. The van der Waals surface area contributed by atoms with Gasteiger partial charge in [-0.2, -0.15) is 0 Å². The highest BCUT2D eigenvalue weighted by atomic mass is 16.1. The van der Waals surface area contributed by atoms with Crippen LogP contribution in [0.5, 0.6) is 0 Å². The maximum Gasteiger partial charge on any atom is 0.252 e. The minimum absolute atomic E-state index is 0.0718. The summed E-state index contributed by atoms with van der Waals surface area (Å²) in [6, 6.07) is 1.57. The first-order valence-corrected chi connectivity index (χ1v) is 6.21. The minimum Gasteiger partial charge on any atom is -0.355 e. The fourth-order valence-electron chi connectivity index (χ4n) is 1.68. The number of aromatic amines is 1. The minimum atomic E-state index is -0.0718. The molecule has 2 N–H and O–H groups in total. The van der Waals surface area contributed by atoms with Gasteiger partial charge in [-0.3, -0.25) is 4.79 Å². The summed E-state index contributed by atoms with van der Waals surface area (Å²) in [6.07, 6.45) is 1.79. The molecule has 0 radical (unpaired) electrons. The van der Waals surface area contributed by atoms with Gasteiger partial charge in [0, 0.05) is 32.1 Å². The van der Waals surface area contributed by atoms with E-state index in [1.807, 2.05) is 14.0 Å². The second-order valence-electron chi connectivity index (χ2n) is 3.99. The molecule has 0 aliphatic rings. The summed E-state index contributed by atoms with van der Waals surface area (Å²) in [7, 11) is 1.92. The molecule has 0 aliphatic heterocycles. The van der Waals surface area contributed by atoms with Crippen molar-refractivity contribution >= 4 is 5.82 Å². The third-order valence-corrected chi connectivity index (χ3v) is 2.56. The molecule has 0 spiro atoms. The molecule has 0 atom stereocenters. The second kappa shape index (κ2) is 7.06. The average Bonchev–Trinajstić information content (AvgIpc) is 2.33. The van der Waals surface area contributed by atoms with E-state index in [0.29, 0.717) is 0 Å². The standard InChI is InChI=1S/C12H22N4O/c1-4-7-16(8-6-13-3)11-9-12(17)15-10(5-2)14-11/h9,13H,4-8H2,1-3H3,(H,14,15,17). The lowest BCUT2D eigenvalue weighted by Gasteiger charge is -2.23. The summed E-state index contributed by atoms with van der Waals surface area (Å²) in [5.41, 5.74) is -0.0718. The number of anilines is 1. The summed E-state index contributed by atoms with van der Waals surface area (Å²) in [6.45, 7) is 6.78. The quantitative estimate of drug-likeness (QED) is 0.736. The van der Waals surface area contributed by atoms with E-state index in [0.717, 1.165) is 44.1 Å². The van der Waals surface area contributed by atoms with Crippen molar-refractivity contribution in [3.63, 3.8) is 0 Å². The number of aromatic nitrogens is 2. The van der Waals surface area contributed by atoms with Crippen molar-refractivity contribution in [1.29, 1.82) is 0 Å². The van der Waals surface area contributed by atoms with Crippen LogP contribution in [0.25, 0.3) is 0 Å². The van der Waals surface area contributed by atoms with Crippen LogP contribution in [0.2, 0.25) is 0 Å². The highest BCUT2D eigenvalue weighted by Gasteiger charge is 2.08. The largest absolute Gasteiger partial charge is 0.355 e. The van der Waals surface area contributed by atoms with E-state index < -0.39 is 0 Å². The fourth-order valence-corrected chi connectivity index (χ4v) is 1.68. The van der Waals surface area contributed by atoms with Crippen molar-refractivity contribution in [2.45, 2.75) is 26.7 Å². The molecule has 1 aromatic rings. The molecule has 0 unspecified atom stereocenters. The Labute approximate surface area is 102 Å². The highest BCUT2D eigenvalue weighted by Crippen LogP contribution is 2.08. The first-order chi connectivity index (χ1) is 8.21. The molecule has 5 nitrogen and oxygen atoms in total. The third-order valence-electron chi connectivity index (χ3n) is 2.56. The Morgan fingerprint density at radius 2 is 2.18 bits per heavy atom. The number of H-pyrrole nitrogens is 1. The molecule has 0 aromatic carbocycles. The topological polar surface area (TPSA) is 61.0 Å². The van der Waals surface area contributed by atoms with Crippen molar-refractivity contribution in [3.8, 4) is 0 Å². The molecule has 5 heteroatoms. The predicted octanol–water partition coefficient (Wildman–Crippen LogP) is 0.768. The molecule has 1 heterocycles. The summed E-state index contributed by atoms with van der Waals surface area (Å²) >= 11 is 0. The Morgan fingerprint density at radius 1 is 1.41 bits per heavy atom. The van der Waals surface area contributed by atoms with Crippen LogP contribution in [0.1, 0.15) is 26.1 Å². The van der Waals surface area contributed by atoms with Gasteiger partial charge in [-0.1, -0.05) is 13.8 Å². The zero-order valence-electron chi connectivity index (χ0n) is 10.9. The van der Waals surface area contributed by atoms with Crippen molar-refractivity contribution in [3.05, 3.63) is 22.2 Å². The third kappa shape index (κ3) is 4.19. The first kappa shape index (κ1) is 13.7. The van der Waals surface area contributed by atoms with E-state index in [-0.39, 0.29) is 5.56 Å². The van der Waals surface area contributed by atoms with Crippen molar-refractivity contribution in [2.75, 3.05) is 31.6 Å². The van der Waals surface area contributed by atoms with E-state index in [2.05, 4.69) is 27.1 Å². The number of likely N-dealkylation sites (N-methyl/N-ethyl adjacent to an activating group) is 1. The average molecular weight is 238 g/mol. The molecule has 1 aromatic heterocycles. The summed E-state index contributed by atoms with van der Waals surface area (Å²) < 4.78 is 0. The van der Waals surface area contributed by atoms with Crippen LogP contribution in [0.3, 0.4) is 0 Å². The number of nitrogens with one attached hydrogen (secondary N) is 2. The summed E-state index contributed by atoms with van der Waals surface area (Å²) in [5, 5.41) is 3.11. The number of hydrogen-bond donors (Lipinski definition) is 2. The number of aryl methyl sites for hydroxylation is 1. The Bertz CT molecular complexity index is 388. The van der Waals surface area contributed by atoms with Crippen LogP contribution in [0.15, 0.2) is 10.9 Å². The van der Waals surface area contributed by atoms with Gasteiger partial charge in [0.05, 0.1) is 0 Å². The Hall–Kier alpha value is -1.36. The van der Waals surface area contributed by atoms with Crippen LogP contribution < -0.4 is 15.8 Å². The fraction of sp³-hybridized carbons (Fsp3) is 0.667. The first-order valence-electron chi connectivity index (χ1n) is 6.21. The van der Waals surface area contributed by atoms with Crippen LogP contribution in [0, 0.1) is 0 Å². The number of rotatable bonds is 7. The smallest absolute Gasteiger partial charge is 0.252 e. The lowest BCUT2D eigenvalue weighted by atomic mass is 10.3. The Morgan fingerprint density at radius 3 is 2.76 bits per heavy atom.